The van der Waals surface area contributed by atoms with Gasteiger partial charge in [-0.25, -0.2) is 0 Å². The molecule has 1 unspecified atom stereocenters. The molecule has 0 aromatic carbocycles. The summed E-state index contributed by atoms with van der Waals surface area (Å²) in [7, 11) is 0. The molecule has 0 aliphatic heterocycles. The van der Waals surface area contributed by atoms with Crippen LogP contribution >= 0.6 is 11.3 Å². The fraction of sp³-hybridized carbons (Fsp3) is 0.273. The summed E-state index contributed by atoms with van der Waals surface area (Å²) < 4.78 is 4.95. The van der Waals surface area contributed by atoms with Crippen molar-refractivity contribution in [3.05, 3.63) is 45.5 Å². The van der Waals surface area contributed by atoms with Crippen LogP contribution in [0.1, 0.15) is 27.7 Å². The maximum atomic E-state index is 10.0. The number of aliphatic hydroxyl groups is 1. The Morgan fingerprint density at radius 1 is 1.43 bits per heavy atom. The van der Waals surface area contributed by atoms with Crippen molar-refractivity contribution in [2.24, 2.45) is 0 Å². The van der Waals surface area contributed by atoms with Gasteiger partial charge >= 0.3 is 0 Å². The Kier molecular flexibility index (Phi) is 2.44. The van der Waals surface area contributed by atoms with E-state index < -0.39 is 6.10 Å². The van der Waals surface area contributed by atoms with E-state index in [1.54, 1.807) is 29.9 Å². The molecule has 14 heavy (non-hydrogen) atoms. The minimum atomic E-state index is -0.557. The number of hydrogen-bond acceptors (Lipinski definition) is 3. The monoisotopic (exact) mass is 208 g/mol. The molecule has 0 aliphatic rings. The van der Waals surface area contributed by atoms with E-state index in [2.05, 4.69) is 6.92 Å². The standard InChI is InChI=1S/C11H12O2S/c1-7-8(2)14-6-10(7)11(12)9-3-4-13-5-9/h3-6,11-12H,1-2H3. The second-order valence-electron chi connectivity index (χ2n) is 3.33. The summed E-state index contributed by atoms with van der Waals surface area (Å²) in [6.45, 7) is 4.09. The molecule has 74 valence electrons. The number of rotatable bonds is 2. The molecule has 3 heteroatoms. The summed E-state index contributed by atoms with van der Waals surface area (Å²) in [5.41, 5.74) is 2.96. The Labute approximate surface area is 86.8 Å². The van der Waals surface area contributed by atoms with Crippen molar-refractivity contribution >= 4 is 11.3 Å². The minimum absolute atomic E-state index is 0.557. The fourth-order valence-electron chi connectivity index (χ4n) is 1.41. The lowest BCUT2D eigenvalue weighted by molar-refractivity contribution is 0.219. The molecule has 0 radical (unpaired) electrons. The van der Waals surface area contributed by atoms with Crippen LogP contribution in [-0.4, -0.2) is 5.11 Å². The van der Waals surface area contributed by atoms with Gasteiger partial charge in [0.25, 0.3) is 0 Å². The molecule has 0 amide bonds. The lowest BCUT2D eigenvalue weighted by atomic mass is 10.0. The van der Waals surface area contributed by atoms with E-state index in [4.69, 9.17) is 4.42 Å². The molecule has 2 aromatic heterocycles. The van der Waals surface area contributed by atoms with E-state index in [-0.39, 0.29) is 0 Å². The predicted molar refractivity (Wildman–Crippen MR) is 56.6 cm³/mol. The molecule has 2 nitrogen and oxygen atoms in total. The third-order valence-corrected chi connectivity index (χ3v) is 3.51. The highest BCUT2D eigenvalue weighted by Gasteiger charge is 2.16. The van der Waals surface area contributed by atoms with Crippen LogP contribution in [0.15, 0.2) is 28.4 Å². The topological polar surface area (TPSA) is 33.4 Å². The normalized spacial score (nSPS) is 13.1. The number of hydrogen-bond donors (Lipinski definition) is 1. The molecule has 2 aromatic rings. The van der Waals surface area contributed by atoms with E-state index >= 15 is 0 Å². The molecule has 0 spiro atoms. The van der Waals surface area contributed by atoms with Gasteiger partial charge in [0.15, 0.2) is 0 Å². The van der Waals surface area contributed by atoms with E-state index in [9.17, 15) is 5.11 Å². The maximum Gasteiger partial charge on any atom is 0.108 e. The molecule has 1 N–H and O–H groups in total. The van der Waals surface area contributed by atoms with Gasteiger partial charge in [-0.3, -0.25) is 0 Å². The highest BCUT2D eigenvalue weighted by atomic mass is 32.1. The van der Waals surface area contributed by atoms with Crippen molar-refractivity contribution in [1.29, 1.82) is 0 Å². The molecular formula is C11H12O2S. The highest BCUT2D eigenvalue weighted by molar-refractivity contribution is 7.10. The summed E-state index contributed by atoms with van der Waals surface area (Å²) in [5, 5.41) is 12.0. The van der Waals surface area contributed by atoms with Gasteiger partial charge in [0.05, 0.1) is 12.5 Å². The first-order valence-electron chi connectivity index (χ1n) is 4.45. The quantitative estimate of drug-likeness (QED) is 0.823. The summed E-state index contributed by atoms with van der Waals surface area (Å²) in [5.74, 6) is 0. The second-order valence-corrected chi connectivity index (χ2v) is 4.42. The van der Waals surface area contributed by atoms with Gasteiger partial charge in [-0.2, -0.15) is 0 Å². The molecular weight excluding hydrogens is 196 g/mol. The molecule has 0 fully saturated rings. The maximum absolute atomic E-state index is 10.0. The first-order valence-corrected chi connectivity index (χ1v) is 5.33. The molecule has 2 heterocycles. The Bertz CT molecular complexity index is 414. The summed E-state index contributed by atoms with van der Waals surface area (Å²) >= 11 is 1.67. The van der Waals surface area contributed by atoms with Gasteiger partial charge in [-0.1, -0.05) is 0 Å². The average molecular weight is 208 g/mol. The summed E-state index contributed by atoms with van der Waals surface area (Å²) in [4.78, 5) is 1.25. The third-order valence-electron chi connectivity index (χ3n) is 2.48. The van der Waals surface area contributed by atoms with Crippen LogP contribution in [0.5, 0.6) is 0 Å². The van der Waals surface area contributed by atoms with E-state index in [1.165, 1.54) is 10.4 Å². The van der Waals surface area contributed by atoms with Crippen molar-refractivity contribution in [2.45, 2.75) is 20.0 Å². The van der Waals surface area contributed by atoms with Crippen LogP contribution < -0.4 is 0 Å². The predicted octanol–water partition coefficient (Wildman–Crippen LogP) is 3.04. The van der Waals surface area contributed by atoms with Gasteiger partial charge in [-0.15, -0.1) is 11.3 Å². The van der Waals surface area contributed by atoms with Crippen LogP contribution in [0.25, 0.3) is 0 Å². The number of thiophene rings is 1. The van der Waals surface area contributed by atoms with Crippen LogP contribution in [0.2, 0.25) is 0 Å². The summed E-state index contributed by atoms with van der Waals surface area (Å²) in [6, 6.07) is 1.79. The number of furan rings is 1. The Morgan fingerprint density at radius 2 is 2.21 bits per heavy atom. The first-order chi connectivity index (χ1) is 6.70. The first kappa shape index (κ1) is 9.49. The minimum Gasteiger partial charge on any atom is -0.472 e. The van der Waals surface area contributed by atoms with Crippen LogP contribution in [0, 0.1) is 13.8 Å². The van der Waals surface area contributed by atoms with Crippen molar-refractivity contribution < 1.29 is 9.52 Å². The average Bonchev–Trinajstić information content (AvgIpc) is 2.77. The van der Waals surface area contributed by atoms with Gasteiger partial charge in [0, 0.05) is 10.4 Å². The zero-order chi connectivity index (χ0) is 10.1. The Morgan fingerprint density at radius 3 is 2.71 bits per heavy atom. The SMILES string of the molecule is Cc1scc(C(O)c2ccoc2)c1C. The largest absolute Gasteiger partial charge is 0.472 e. The molecule has 0 saturated heterocycles. The van der Waals surface area contributed by atoms with Crippen LogP contribution in [-0.2, 0) is 0 Å². The number of aliphatic hydroxyl groups excluding tert-OH is 1. The van der Waals surface area contributed by atoms with E-state index in [1.807, 2.05) is 12.3 Å². The summed E-state index contributed by atoms with van der Waals surface area (Å²) in [6.07, 6.45) is 2.60. The molecule has 0 aliphatic carbocycles. The Balaban J connectivity index is 2.36. The van der Waals surface area contributed by atoms with Crippen molar-refractivity contribution in [3.63, 3.8) is 0 Å². The van der Waals surface area contributed by atoms with Crippen LogP contribution in [0.3, 0.4) is 0 Å². The zero-order valence-electron chi connectivity index (χ0n) is 8.15. The smallest absolute Gasteiger partial charge is 0.108 e. The lowest BCUT2D eigenvalue weighted by Crippen LogP contribution is -1.98. The molecule has 0 bridgehead atoms. The van der Waals surface area contributed by atoms with Crippen molar-refractivity contribution in [3.8, 4) is 0 Å². The van der Waals surface area contributed by atoms with Gasteiger partial charge in [0.2, 0.25) is 0 Å². The molecule has 1 atom stereocenters. The molecule has 2 rings (SSSR count). The number of aryl methyl sites for hydroxylation is 1. The van der Waals surface area contributed by atoms with Crippen molar-refractivity contribution in [2.75, 3.05) is 0 Å². The Hall–Kier alpha value is -1.06. The molecule has 0 saturated carbocycles. The fourth-order valence-corrected chi connectivity index (χ4v) is 2.32. The van der Waals surface area contributed by atoms with Crippen molar-refractivity contribution in [1.82, 2.24) is 0 Å². The van der Waals surface area contributed by atoms with Gasteiger partial charge in [0.1, 0.15) is 6.10 Å². The highest BCUT2D eigenvalue weighted by Crippen LogP contribution is 2.30. The van der Waals surface area contributed by atoms with Gasteiger partial charge < -0.3 is 9.52 Å². The van der Waals surface area contributed by atoms with E-state index in [0.29, 0.717) is 0 Å². The lowest BCUT2D eigenvalue weighted by Gasteiger charge is -2.07. The zero-order valence-corrected chi connectivity index (χ0v) is 8.97. The third kappa shape index (κ3) is 1.49. The van der Waals surface area contributed by atoms with E-state index in [0.717, 1.165) is 11.1 Å². The second kappa shape index (κ2) is 3.59. The van der Waals surface area contributed by atoms with Crippen LogP contribution in [0.4, 0.5) is 0 Å². The van der Waals surface area contributed by atoms with Gasteiger partial charge in [-0.05, 0) is 36.4 Å².